The van der Waals surface area contributed by atoms with Gasteiger partial charge in [-0.15, -0.1) is 11.8 Å². The van der Waals surface area contributed by atoms with E-state index in [1.165, 1.54) is 12.1 Å². The lowest BCUT2D eigenvalue weighted by molar-refractivity contribution is 0.218. The molecule has 0 bridgehead atoms. The first-order chi connectivity index (χ1) is 10.9. The standard InChI is InChI=1S/C20H36N2S/c1-9-17(5)14-18(6)22(7)20(16(3)4)12-11-13-21-19(10-2)15-23-8/h10,13,15-17,20H,2,6,9,11-12,14H2,1,3-5,7-8H3/b19-15-,21-13?/t17-,20?/m0/s1. The van der Waals surface area contributed by atoms with Crippen molar-refractivity contribution < 1.29 is 0 Å². The minimum atomic E-state index is 0.509. The monoisotopic (exact) mass is 336 g/mol. The van der Waals surface area contributed by atoms with Crippen molar-refractivity contribution in [2.45, 2.75) is 59.4 Å². The normalized spacial score (nSPS) is 15.0. The molecule has 132 valence electrons. The second-order valence-electron chi connectivity index (χ2n) is 6.58. The Morgan fingerprint density at radius 1 is 1.30 bits per heavy atom. The molecule has 0 aliphatic heterocycles. The van der Waals surface area contributed by atoms with Crippen molar-refractivity contribution in [3.8, 4) is 0 Å². The Morgan fingerprint density at radius 2 is 1.96 bits per heavy atom. The van der Waals surface area contributed by atoms with Crippen molar-refractivity contribution in [2.75, 3.05) is 13.3 Å². The second kappa shape index (κ2) is 12.5. The minimum Gasteiger partial charge on any atom is -0.375 e. The molecule has 23 heavy (non-hydrogen) atoms. The Morgan fingerprint density at radius 3 is 2.43 bits per heavy atom. The third-order valence-corrected chi connectivity index (χ3v) is 4.80. The molecule has 0 amide bonds. The average Bonchev–Trinajstić information content (AvgIpc) is 2.52. The Hall–Kier alpha value is -0.960. The number of aliphatic imine (C=N–C) groups is 1. The molecule has 0 N–H and O–H groups in total. The van der Waals surface area contributed by atoms with Crippen LogP contribution >= 0.6 is 11.8 Å². The SMILES string of the molecule is C=C/C(=C/SC)N=CCCC(C(C)C)N(C)C(=C)C[C@@H](C)CC. The summed E-state index contributed by atoms with van der Waals surface area (Å²) < 4.78 is 0. The molecule has 0 spiro atoms. The van der Waals surface area contributed by atoms with Gasteiger partial charge in [0.25, 0.3) is 0 Å². The summed E-state index contributed by atoms with van der Waals surface area (Å²) in [5, 5.41) is 2.02. The van der Waals surface area contributed by atoms with Crippen LogP contribution in [0.25, 0.3) is 0 Å². The molecule has 0 radical (unpaired) electrons. The summed E-state index contributed by atoms with van der Waals surface area (Å²) in [5.41, 5.74) is 2.19. The predicted molar refractivity (Wildman–Crippen MR) is 109 cm³/mol. The highest BCUT2D eigenvalue weighted by atomic mass is 32.2. The number of nitrogens with zero attached hydrogens (tertiary/aromatic N) is 2. The topological polar surface area (TPSA) is 15.6 Å². The maximum atomic E-state index is 4.49. The number of allylic oxidation sites excluding steroid dienone is 2. The maximum absolute atomic E-state index is 4.49. The molecule has 0 aliphatic carbocycles. The van der Waals surface area contributed by atoms with Crippen LogP contribution in [0.2, 0.25) is 0 Å². The van der Waals surface area contributed by atoms with Crippen LogP contribution in [-0.2, 0) is 0 Å². The highest BCUT2D eigenvalue weighted by molar-refractivity contribution is 8.01. The molecule has 2 atom stereocenters. The van der Waals surface area contributed by atoms with Gasteiger partial charge in [-0.1, -0.05) is 47.3 Å². The van der Waals surface area contributed by atoms with Crippen LogP contribution in [0.15, 0.2) is 41.0 Å². The van der Waals surface area contributed by atoms with E-state index in [2.05, 4.69) is 57.8 Å². The number of hydrogen-bond donors (Lipinski definition) is 0. The van der Waals surface area contributed by atoms with Gasteiger partial charge in [0.05, 0.1) is 5.70 Å². The zero-order chi connectivity index (χ0) is 17.8. The summed E-state index contributed by atoms with van der Waals surface area (Å²) in [5.74, 6) is 1.30. The van der Waals surface area contributed by atoms with Crippen LogP contribution in [0.1, 0.15) is 53.4 Å². The summed E-state index contributed by atoms with van der Waals surface area (Å²) in [4.78, 5) is 6.87. The molecular formula is C20H36N2S. The van der Waals surface area contributed by atoms with E-state index in [4.69, 9.17) is 0 Å². The van der Waals surface area contributed by atoms with Crippen LogP contribution in [0.3, 0.4) is 0 Å². The molecular weight excluding hydrogens is 300 g/mol. The molecule has 0 aromatic rings. The van der Waals surface area contributed by atoms with Crippen LogP contribution in [0.5, 0.6) is 0 Å². The lowest BCUT2D eigenvalue weighted by Gasteiger charge is -2.35. The van der Waals surface area contributed by atoms with Gasteiger partial charge in [-0.3, -0.25) is 4.99 Å². The summed E-state index contributed by atoms with van der Waals surface area (Å²) in [7, 11) is 2.19. The summed E-state index contributed by atoms with van der Waals surface area (Å²) in [6.45, 7) is 17.2. The van der Waals surface area contributed by atoms with E-state index in [1.54, 1.807) is 17.8 Å². The lowest BCUT2D eigenvalue weighted by atomic mass is 9.95. The van der Waals surface area contributed by atoms with Gasteiger partial charge in [0, 0.05) is 25.0 Å². The number of rotatable bonds is 12. The van der Waals surface area contributed by atoms with Gasteiger partial charge in [-0.25, -0.2) is 0 Å². The molecule has 3 heteroatoms. The quantitative estimate of drug-likeness (QED) is 0.314. The Bertz CT molecular complexity index is 410. The van der Waals surface area contributed by atoms with Crippen LogP contribution in [0, 0.1) is 11.8 Å². The molecule has 2 nitrogen and oxygen atoms in total. The highest BCUT2D eigenvalue weighted by Gasteiger charge is 2.19. The second-order valence-corrected chi connectivity index (χ2v) is 7.28. The first-order valence-electron chi connectivity index (χ1n) is 8.65. The molecule has 0 rings (SSSR count). The van der Waals surface area contributed by atoms with Gasteiger partial charge in [-0.2, -0.15) is 0 Å². The van der Waals surface area contributed by atoms with E-state index in [9.17, 15) is 0 Å². The molecule has 0 heterocycles. The Labute approximate surface area is 148 Å². The van der Waals surface area contributed by atoms with Crippen molar-refractivity contribution in [3.63, 3.8) is 0 Å². The number of thioether (sulfide) groups is 1. The van der Waals surface area contributed by atoms with Crippen molar-refractivity contribution >= 4 is 18.0 Å². The summed E-state index contributed by atoms with van der Waals surface area (Å²) in [6, 6.07) is 0.509. The fourth-order valence-corrected chi connectivity index (χ4v) is 2.97. The van der Waals surface area contributed by atoms with E-state index in [1.807, 2.05) is 17.9 Å². The summed E-state index contributed by atoms with van der Waals surface area (Å²) >= 11 is 1.65. The average molecular weight is 337 g/mol. The van der Waals surface area contributed by atoms with E-state index in [0.717, 1.165) is 25.0 Å². The Balaban J connectivity index is 4.63. The zero-order valence-corrected chi connectivity index (χ0v) is 16.8. The smallest absolute Gasteiger partial charge is 0.0682 e. The summed E-state index contributed by atoms with van der Waals surface area (Å²) in [6.07, 6.45) is 10.2. The van der Waals surface area contributed by atoms with Gasteiger partial charge in [0.1, 0.15) is 0 Å². The minimum absolute atomic E-state index is 0.509. The number of hydrogen-bond acceptors (Lipinski definition) is 3. The first-order valence-corrected chi connectivity index (χ1v) is 9.94. The van der Waals surface area contributed by atoms with Gasteiger partial charge >= 0.3 is 0 Å². The maximum Gasteiger partial charge on any atom is 0.0682 e. The third kappa shape index (κ3) is 9.04. The molecule has 0 saturated heterocycles. The highest BCUT2D eigenvalue weighted by Crippen LogP contribution is 2.23. The van der Waals surface area contributed by atoms with Gasteiger partial charge in [0.2, 0.25) is 0 Å². The van der Waals surface area contributed by atoms with Gasteiger partial charge < -0.3 is 4.90 Å². The van der Waals surface area contributed by atoms with Crippen LogP contribution in [-0.4, -0.2) is 30.5 Å². The molecule has 1 unspecified atom stereocenters. The van der Waals surface area contributed by atoms with E-state index >= 15 is 0 Å². The Kier molecular flexibility index (Phi) is 11.9. The van der Waals surface area contributed by atoms with E-state index in [0.29, 0.717) is 17.9 Å². The zero-order valence-electron chi connectivity index (χ0n) is 16.0. The van der Waals surface area contributed by atoms with Crippen LogP contribution < -0.4 is 0 Å². The van der Waals surface area contributed by atoms with E-state index in [-0.39, 0.29) is 0 Å². The molecule has 0 aliphatic rings. The molecule has 0 aromatic carbocycles. The molecule has 0 saturated carbocycles. The van der Waals surface area contributed by atoms with Crippen molar-refractivity contribution in [2.24, 2.45) is 16.8 Å². The molecule has 0 aromatic heterocycles. The lowest BCUT2D eigenvalue weighted by Crippen LogP contribution is -2.35. The van der Waals surface area contributed by atoms with Gasteiger partial charge in [0.15, 0.2) is 0 Å². The van der Waals surface area contributed by atoms with Crippen molar-refractivity contribution in [3.05, 3.63) is 36.0 Å². The largest absolute Gasteiger partial charge is 0.375 e. The van der Waals surface area contributed by atoms with Gasteiger partial charge in [-0.05, 0) is 48.8 Å². The predicted octanol–water partition coefficient (Wildman–Crippen LogP) is 6.13. The fourth-order valence-electron chi connectivity index (χ4n) is 2.57. The third-order valence-electron chi connectivity index (χ3n) is 4.33. The molecule has 0 fully saturated rings. The fraction of sp³-hybridized carbons (Fsp3) is 0.650. The van der Waals surface area contributed by atoms with Crippen molar-refractivity contribution in [1.29, 1.82) is 0 Å². The van der Waals surface area contributed by atoms with E-state index < -0.39 is 0 Å². The first kappa shape index (κ1) is 22.0. The van der Waals surface area contributed by atoms with Crippen LogP contribution in [0.4, 0.5) is 0 Å². The van der Waals surface area contributed by atoms with Crippen molar-refractivity contribution in [1.82, 2.24) is 4.90 Å².